The third-order valence-corrected chi connectivity index (χ3v) is 7.38. The second-order valence-electron chi connectivity index (χ2n) is 9.98. The van der Waals surface area contributed by atoms with Crippen LogP contribution >= 0.6 is 0 Å². The van der Waals surface area contributed by atoms with Crippen LogP contribution in [0.3, 0.4) is 0 Å². The summed E-state index contributed by atoms with van der Waals surface area (Å²) < 4.78 is 4.30. The van der Waals surface area contributed by atoms with Crippen molar-refractivity contribution in [2.24, 2.45) is 18.7 Å². The maximum Gasteiger partial charge on any atom is 0.331 e. The van der Waals surface area contributed by atoms with Gasteiger partial charge in [-0.25, -0.2) is 4.79 Å². The van der Waals surface area contributed by atoms with Crippen LogP contribution in [0.25, 0.3) is 11.0 Å². The standard InChI is InChI=1S/C26H32N8O3/c1-3-33-22-21(31(2)26(37)34(25(22)36)15-19-17(12-27)6-4-10-29-19)20(23(35)30-13-16-8-9-16)24(33)32-11-5-7-18(28)14-32/h4,6,10,16,18H,3,5,7-9,11,13-15,28H2,1-2H3,(H,30,35)/t18-/m1/s1. The van der Waals surface area contributed by atoms with Gasteiger partial charge in [0.2, 0.25) is 0 Å². The number of hydrogen-bond acceptors (Lipinski definition) is 7. The lowest BCUT2D eigenvalue weighted by molar-refractivity contribution is 0.0953. The average Bonchev–Trinajstić information content (AvgIpc) is 3.67. The average molecular weight is 505 g/mol. The Morgan fingerprint density at radius 1 is 1.24 bits per heavy atom. The van der Waals surface area contributed by atoms with E-state index in [2.05, 4.69) is 21.3 Å². The minimum absolute atomic E-state index is 0.0477. The lowest BCUT2D eigenvalue weighted by Gasteiger charge is -2.33. The maximum absolute atomic E-state index is 13.9. The summed E-state index contributed by atoms with van der Waals surface area (Å²) in [4.78, 5) is 47.4. The second-order valence-corrected chi connectivity index (χ2v) is 9.98. The molecule has 1 aliphatic carbocycles. The van der Waals surface area contributed by atoms with Crippen LogP contribution in [0.2, 0.25) is 0 Å². The second kappa shape index (κ2) is 9.86. The summed E-state index contributed by atoms with van der Waals surface area (Å²) >= 11 is 0. The van der Waals surface area contributed by atoms with Crippen LogP contribution < -0.4 is 27.2 Å². The molecule has 3 N–H and O–H groups in total. The summed E-state index contributed by atoms with van der Waals surface area (Å²) in [5, 5.41) is 12.5. The Bertz CT molecular complexity index is 1520. The number of aromatic nitrogens is 4. The molecular formula is C26H32N8O3. The van der Waals surface area contributed by atoms with Crippen molar-refractivity contribution in [3.05, 3.63) is 56.0 Å². The summed E-state index contributed by atoms with van der Waals surface area (Å²) in [7, 11) is 1.58. The highest BCUT2D eigenvalue weighted by atomic mass is 16.2. The first-order valence-corrected chi connectivity index (χ1v) is 12.8. The molecule has 2 aliphatic rings. The Morgan fingerprint density at radius 3 is 2.70 bits per heavy atom. The molecule has 1 amide bonds. The normalized spacial score (nSPS) is 17.7. The molecule has 1 aliphatic heterocycles. The molecule has 1 saturated heterocycles. The zero-order valence-corrected chi connectivity index (χ0v) is 21.2. The first kappa shape index (κ1) is 24.8. The summed E-state index contributed by atoms with van der Waals surface area (Å²) in [6, 6.07) is 5.26. The predicted molar refractivity (Wildman–Crippen MR) is 140 cm³/mol. The van der Waals surface area contributed by atoms with Crippen LogP contribution in [0.1, 0.15) is 54.2 Å². The molecule has 2 fully saturated rings. The molecule has 3 aromatic heterocycles. The van der Waals surface area contributed by atoms with E-state index in [1.54, 1.807) is 19.2 Å². The third kappa shape index (κ3) is 4.42. The minimum atomic E-state index is -0.571. The fourth-order valence-electron chi connectivity index (χ4n) is 5.28. The molecule has 37 heavy (non-hydrogen) atoms. The lowest BCUT2D eigenvalue weighted by Crippen LogP contribution is -2.44. The molecule has 0 bridgehead atoms. The molecule has 0 unspecified atom stereocenters. The van der Waals surface area contributed by atoms with Crippen LogP contribution in [0, 0.1) is 17.2 Å². The predicted octanol–water partition coefficient (Wildman–Crippen LogP) is 0.904. The summed E-state index contributed by atoms with van der Waals surface area (Å²) in [6.45, 7) is 4.02. The Labute approximate surface area is 214 Å². The number of carbonyl (C=O) groups excluding carboxylic acids is 1. The van der Waals surface area contributed by atoms with E-state index in [-0.39, 0.29) is 24.0 Å². The van der Waals surface area contributed by atoms with E-state index in [4.69, 9.17) is 5.73 Å². The number of nitrogens with zero attached hydrogens (tertiary/aromatic N) is 6. The monoisotopic (exact) mass is 504 g/mol. The third-order valence-electron chi connectivity index (χ3n) is 7.38. The Balaban J connectivity index is 1.75. The molecule has 11 heteroatoms. The fraction of sp³-hybridized carbons (Fsp3) is 0.500. The molecular weight excluding hydrogens is 472 g/mol. The van der Waals surface area contributed by atoms with E-state index >= 15 is 0 Å². The zero-order valence-electron chi connectivity index (χ0n) is 21.2. The number of nitriles is 1. The Kier molecular flexibility index (Phi) is 6.60. The van der Waals surface area contributed by atoms with Gasteiger partial charge < -0.3 is 20.5 Å². The molecule has 1 atom stereocenters. The van der Waals surface area contributed by atoms with Crippen molar-refractivity contribution in [3.63, 3.8) is 0 Å². The van der Waals surface area contributed by atoms with Gasteiger partial charge in [-0.15, -0.1) is 0 Å². The zero-order chi connectivity index (χ0) is 26.3. The highest BCUT2D eigenvalue weighted by molar-refractivity contribution is 6.11. The quantitative estimate of drug-likeness (QED) is 0.486. The summed E-state index contributed by atoms with van der Waals surface area (Å²) in [5.41, 5.74) is 6.78. The van der Waals surface area contributed by atoms with Gasteiger partial charge >= 0.3 is 5.69 Å². The number of nitrogens with one attached hydrogen (secondary N) is 1. The fourth-order valence-corrected chi connectivity index (χ4v) is 5.28. The first-order chi connectivity index (χ1) is 17.8. The summed E-state index contributed by atoms with van der Waals surface area (Å²) in [6.07, 6.45) is 5.47. The lowest BCUT2D eigenvalue weighted by atomic mass is 10.1. The van der Waals surface area contributed by atoms with Crippen molar-refractivity contribution in [1.82, 2.24) is 24.0 Å². The number of rotatable bonds is 7. The van der Waals surface area contributed by atoms with Gasteiger partial charge in [-0.2, -0.15) is 5.26 Å². The topological polar surface area (TPSA) is 144 Å². The van der Waals surface area contributed by atoms with Gasteiger partial charge in [-0.3, -0.25) is 23.7 Å². The van der Waals surface area contributed by atoms with Gasteiger partial charge in [-0.1, -0.05) is 0 Å². The van der Waals surface area contributed by atoms with Gasteiger partial charge in [0.15, 0.2) is 0 Å². The van der Waals surface area contributed by atoms with E-state index in [0.717, 1.165) is 30.3 Å². The molecule has 4 heterocycles. The number of aryl methyl sites for hydroxylation is 2. The van der Waals surface area contributed by atoms with E-state index < -0.39 is 11.2 Å². The van der Waals surface area contributed by atoms with E-state index in [1.807, 2.05) is 11.5 Å². The highest BCUT2D eigenvalue weighted by Gasteiger charge is 2.33. The molecule has 1 saturated carbocycles. The molecule has 5 rings (SSSR count). The van der Waals surface area contributed by atoms with Crippen molar-refractivity contribution in [2.75, 3.05) is 24.5 Å². The van der Waals surface area contributed by atoms with Crippen molar-refractivity contribution in [2.45, 2.75) is 51.7 Å². The first-order valence-electron chi connectivity index (χ1n) is 12.8. The number of fused-ring (bicyclic) bond motifs is 1. The van der Waals surface area contributed by atoms with E-state index in [9.17, 15) is 19.6 Å². The van der Waals surface area contributed by atoms with Gasteiger partial charge in [0.05, 0.1) is 23.3 Å². The highest BCUT2D eigenvalue weighted by Crippen LogP contribution is 2.33. The van der Waals surface area contributed by atoms with E-state index in [1.165, 1.54) is 10.8 Å². The Hall–Kier alpha value is -3.91. The smallest absolute Gasteiger partial charge is 0.331 e. The molecule has 11 nitrogen and oxygen atoms in total. The number of hydrogen-bond donors (Lipinski definition) is 2. The number of pyridine rings is 1. The van der Waals surface area contributed by atoms with Crippen molar-refractivity contribution >= 4 is 22.8 Å². The van der Waals surface area contributed by atoms with Crippen molar-refractivity contribution in [3.8, 4) is 6.07 Å². The maximum atomic E-state index is 13.9. The molecule has 0 spiro atoms. The number of piperidine rings is 1. The van der Waals surface area contributed by atoms with Crippen LogP contribution in [0.15, 0.2) is 27.9 Å². The number of nitrogens with two attached hydrogens (primary N) is 1. The number of anilines is 1. The largest absolute Gasteiger partial charge is 0.356 e. The van der Waals surface area contributed by atoms with Crippen LogP contribution in [0.5, 0.6) is 0 Å². The molecule has 0 radical (unpaired) electrons. The molecule has 194 valence electrons. The van der Waals surface area contributed by atoms with Crippen LogP contribution in [0.4, 0.5) is 5.82 Å². The van der Waals surface area contributed by atoms with Crippen molar-refractivity contribution in [1.29, 1.82) is 5.26 Å². The van der Waals surface area contributed by atoms with Crippen LogP contribution in [-0.2, 0) is 20.1 Å². The minimum Gasteiger partial charge on any atom is -0.356 e. The number of amides is 1. The summed E-state index contributed by atoms with van der Waals surface area (Å²) in [5.74, 6) is 0.812. The molecule has 0 aromatic carbocycles. The molecule has 3 aromatic rings. The van der Waals surface area contributed by atoms with Crippen molar-refractivity contribution < 1.29 is 4.79 Å². The van der Waals surface area contributed by atoms with Gasteiger partial charge in [0.1, 0.15) is 23.0 Å². The van der Waals surface area contributed by atoms with Gasteiger partial charge in [0, 0.05) is 45.5 Å². The Morgan fingerprint density at radius 2 is 2.03 bits per heavy atom. The van der Waals surface area contributed by atoms with Crippen LogP contribution in [-0.4, -0.2) is 50.3 Å². The number of carbonyl (C=O) groups is 1. The van der Waals surface area contributed by atoms with Gasteiger partial charge in [0.25, 0.3) is 11.5 Å². The SMILES string of the molecule is CCn1c(N2CCC[C@@H](N)C2)c(C(=O)NCC2CC2)c2c1c(=O)n(Cc1ncccc1C#N)c(=O)n2C. The van der Waals surface area contributed by atoms with E-state index in [0.29, 0.717) is 60.3 Å². The van der Waals surface area contributed by atoms with Gasteiger partial charge in [-0.05, 0) is 50.7 Å².